The number of esters is 1. The minimum atomic E-state index is -4.64. The molecule has 158 valence electrons. The van der Waals surface area contributed by atoms with Gasteiger partial charge in [-0.25, -0.2) is 4.79 Å². The zero-order valence-corrected chi connectivity index (χ0v) is 16.4. The second-order valence-corrected chi connectivity index (χ2v) is 7.26. The van der Waals surface area contributed by atoms with Gasteiger partial charge in [-0.1, -0.05) is 18.2 Å². The lowest BCUT2D eigenvalue weighted by atomic mass is 9.98. The summed E-state index contributed by atoms with van der Waals surface area (Å²) in [4.78, 5) is 25.3. The molecule has 0 spiro atoms. The number of ether oxygens (including phenoxy) is 1. The van der Waals surface area contributed by atoms with Crippen molar-refractivity contribution in [1.29, 1.82) is 0 Å². The lowest BCUT2D eigenvalue weighted by Crippen LogP contribution is -2.28. The van der Waals surface area contributed by atoms with E-state index in [9.17, 15) is 27.9 Å². The van der Waals surface area contributed by atoms with Crippen molar-refractivity contribution in [3.8, 4) is 5.69 Å². The Morgan fingerprint density at radius 2 is 1.63 bits per heavy atom. The average Bonchev–Trinajstić information content (AvgIpc) is 2.66. The van der Waals surface area contributed by atoms with Crippen LogP contribution in [-0.2, 0) is 16.5 Å². The highest BCUT2D eigenvalue weighted by Gasteiger charge is 2.32. The van der Waals surface area contributed by atoms with Gasteiger partial charge in [-0.2, -0.15) is 13.2 Å². The maximum absolute atomic E-state index is 13.3. The summed E-state index contributed by atoms with van der Waals surface area (Å²) in [5, 5.41) is 10.2. The molecule has 1 aromatic heterocycles. The zero-order chi connectivity index (χ0) is 22.4. The Balaban J connectivity index is 2.42. The Hall–Kier alpha value is -3.33. The smallest absolute Gasteiger partial charge is 0.416 e. The van der Waals surface area contributed by atoms with Crippen LogP contribution in [0.2, 0.25) is 0 Å². The molecule has 30 heavy (non-hydrogen) atoms. The van der Waals surface area contributed by atoms with Crippen LogP contribution < -0.4 is 11.3 Å². The third kappa shape index (κ3) is 3.63. The van der Waals surface area contributed by atoms with Gasteiger partial charge < -0.3 is 15.6 Å². The standard InChI is InChI=1S/C21H19F3N2O4/c1-20(2,29)11-4-7-13(8-5-11)26-15-10-12(21(22,23)24)6-9-14(15)17(25)16(18(26)27)19(28)30-3/h4-10,29H,25H2,1-3H3. The summed E-state index contributed by atoms with van der Waals surface area (Å²) in [6, 6.07) is 8.74. The number of carbonyl (C=O) groups excluding carboxylic acids is 1. The van der Waals surface area contributed by atoms with Crippen LogP contribution in [0.15, 0.2) is 47.3 Å². The van der Waals surface area contributed by atoms with E-state index in [-0.39, 0.29) is 22.3 Å². The molecular formula is C21H19F3N2O4. The summed E-state index contributed by atoms with van der Waals surface area (Å²) in [7, 11) is 1.07. The Morgan fingerprint density at radius 3 is 2.13 bits per heavy atom. The highest BCUT2D eigenvalue weighted by molar-refractivity contribution is 6.04. The van der Waals surface area contributed by atoms with Crippen molar-refractivity contribution in [3.05, 3.63) is 69.5 Å². The molecule has 0 bridgehead atoms. The summed E-state index contributed by atoms with van der Waals surface area (Å²) in [5.41, 5.74) is 2.78. The van der Waals surface area contributed by atoms with Crippen LogP contribution >= 0.6 is 0 Å². The molecule has 2 aromatic carbocycles. The molecule has 0 fully saturated rings. The van der Waals surface area contributed by atoms with E-state index < -0.39 is 34.4 Å². The summed E-state index contributed by atoms with van der Waals surface area (Å²) >= 11 is 0. The molecule has 6 nitrogen and oxygen atoms in total. The first-order valence-electron chi connectivity index (χ1n) is 8.83. The molecule has 0 amide bonds. The third-order valence-corrected chi connectivity index (χ3v) is 4.76. The predicted octanol–water partition coefficient (Wildman–Crippen LogP) is 3.61. The number of nitrogen functional groups attached to an aromatic ring is 1. The number of hydrogen-bond donors (Lipinski definition) is 2. The first-order valence-corrected chi connectivity index (χ1v) is 8.83. The fraction of sp³-hybridized carbons (Fsp3) is 0.238. The molecule has 0 aliphatic carbocycles. The lowest BCUT2D eigenvalue weighted by Gasteiger charge is -2.20. The molecule has 3 rings (SSSR count). The highest BCUT2D eigenvalue weighted by Crippen LogP contribution is 2.34. The van der Waals surface area contributed by atoms with E-state index in [1.807, 2.05) is 0 Å². The van der Waals surface area contributed by atoms with E-state index in [4.69, 9.17) is 5.73 Å². The number of aromatic nitrogens is 1. The number of aliphatic hydroxyl groups is 1. The number of alkyl halides is 3. The molecule has 0 saturated heterocycles. The van der Waals surface area contributed by atoms with Crippen molar-refractivity contribution in [2.45, 2.75) is 25.6 Å². The van der Waals surface area contributed by atoms with Crippen LogP contribution in [0.1, 0.15) is 35.3 Å². The number of benzene rings is 2. The van der Waals surface area contributed by atoms with Crippen LogP contribution in [0.5, 0.6) is 0 Å². The molecular weight excluding hydrogens is 401 g/mol. The lowest BCUT2D eigenvalue weighted by molar-refractivity contribution is -0.137. The first-order chi connectivity index (χ1) is 13.9. The van der Waals surface area contributed by atoms with Gasteiger partial charge in [0.2, 0.25) is 0 Å². The van der Waals surface area contributed by atoms with Gasteiger partial charge in [0.15, 0.2) is 0 Å². The maximum Gasteiger partial charge on any atom is 0.416 e. The molecule has 3 N–H and O–H groups in total. The van der Waals surface area contributed by atoms with Crippen LogP contribution in [-0.4, -0.2) is 22.8 Å². The number of rotatable bonds is 3. The van der Waals surface area contributed by atoms with Crippen molar-refractivity contribution in [1.82, 2.24) is 4.57 Å². The molecule has 3 aromatic rings. The number of hydrogen-bond acceptors (Lipinski definition) is 5. The number of halogens is 3. The van der Waals surface area contributed by atoms with Crippen LogP contribution in [0.25, 0.3) is 16.6 Å². The molecule has 0 unspecified atom stereocenters. The molecule has 9 heteroatoms. The summed E-state index contributed by atoms with van der Waals surface area (Å²) < 4.78 is 45.4. The van der Waals surface area contributed by atoms with Gasteiger partial charge in [-0.05, 0) is 43.7 Å². The van der Waals surface area contributed by atoms with Crippen LogP contribution in [0.4, 0.5) is 18.9 Å². The number of fused-ring (bicyclic) bond motifs is 1. The summed E-state index contributed by atoms with van der Waals surface area (Å²) in [6.07, 6.45) is -4.64. The molecule has 1 heterocycles. The van der Waals surface area contributed by atoms with Gasteiger partial charge in [0.25, 0.3) is 5.56 Å². The van der Waals surface area contributed by atoms with Crippen molar-refractivity contribution >= 4 is 22.6 Å². The molecule has 0 aliphatic rings. The molecule has 0 aliphatic heterocycles. The van der Waals surface area contributed by atoms with Gasteiger partial charge in [0.05, 0.1) is 29.5 Å². The maximum atomic E-state index is 13.3. The fourth-order valence-electron chi connectivity index (χ4n) is 3.17. The van der Waals surface area contributed by atoms with Crippen molar-refractivity contribution in [2.75, 3.05) is 12.8 Å². The minimum absolute atomic E-state index is 0.0922. The molecule has 0 saturated carbocycles. The van der Waals surface area contributed by atoms with Gasteiger partial charge in [0.1, 0.15) is 5.56 Å². The Labute approximate surface area is 169 Å². The fourth-order valence-corrected chi connectivity index (χ4v) is 3.17. The minimum Gasteiger partial charge on any atom is -0.465 e. The number of methoxy groups -OCH3 is 1. The highest BCUT2D eigenvalue weighted by atomic mass is 19.4. The number of nitrogens with two attached hydrogens (primary N) is 1. The zero-order valence-electron chi connectivity index (χ0n) is 16.4. The number of anilines is 1. The monoisotopic (exact) mass is 420 g/mol. The third-order valence-electron chi connectivity index (χ3n) is 4.76. The van der Waals surface area contributed by atoms with Crippen molar-refractivity contribution < 1.29 is 27.8 Å². The largest absolute Gasteiger partial charge is 0.465 e. The van der Waals surface area contributed by atoms with E-state index in [0.29, 0.717) is 5.56 Å². The van der Waals surface area contributed by atoms with Crippen LogP contribution in [0.3, 0.4) is 0 Å². The number of nitrogens with zero attached hydrogens (tertiary/aromatic N) is 1. The van der Waals surface area contributed by atoms with E-state index in [1.165, 1.54) is 24.3 Å². The predicted molar refractivity (Wildman–Crippen MR) is 106 cm³/mol. The normalized spacial score (nSPS) is 12.2. The Morgan fingerprint density at radius 1 is 1.07 bits per heavy atom. The average molecular weight is 420 g/mol. The van der Waals surface area contributed by atoms with Crippen molar-refractivity contribution in [2.24, 2.45) is 0 Å². The topological polar surface area (TPSA) is 94.6 Å². The number of carbonyl (C=O) groups is 1. The van der Waals surface area contributed by atoms with Gasteiger partial charge >= 0.3 is 12.1 Å². The second-order valence-electron chi connectivity index (χ2n) is 7.26. The second kappa shape index (κ2) is 7.17. The number of pyridine rings is 1. The molecule has 0 radical (unpaired) electrons. The van der Waals surface area contributed by atoms with E-state index >= 15 is 0 Å². The van der Waals surface area contributed by atoms with Gasteiger partial charge in [-0.15, -0.1) is 0 Å². The Kier molecular flexibility index (Phi) is 5.11. The SMILES string of the molecule is COC(=O)c1c(N)c2ccc(C(F)(F)F)cc2n(-c2ccc(C(C)(C)O)cc2)c1=O. The summed E-state index contributed by atoms with van der Waals surface area (Å²) in [6.45, 7) is 3.13. The van der Waals surface area contributed by atoms with Gasteiger partial charge in [0, 0.05) is 11.1 Å². The van der Waals surface area contributed by atoms with E-state index in [0.717, 1.165) is 29.9 Å². The summed E-state index contributed by atoms with van der Waals surface area (Å²) in [5.74, 6) is -0.999. The van der Waals surface area contributed by atoms with Crippen LogP contribution in [0, 0.1) is 0 Å². The Bertz CT molecular complexity index is 1190. The first kappa shape index (κ1) is 21.4. The van der Waals surface area contributed by atoms with E-state index in [1.54, 1.807) is 13.8 Å². The van der Waals surface area contributed by atoms with E-state index in [2.05, 4.69) is 4.74 Å². The van der Waals surface area contributed by atoms with Crippen molar-refractivity contribution in [3.63, 3.8) is 0 Å². The van der Waals surface area contributed by atoms with Gasteiger partial charge in [-0.3, -0.25) is 9.36 Å². The quantitative estimate of drug-likeness (QED) is 0.632. The molecule has 0 atom stereocenters.